The molecule has 0 aliphatic carbocycles. The number of aliphatic hydroxyl groups is 1. The van der Waals surface area contributed by atoms with Gasteiger partial charge in [0.15, 0.2) is 0 Å². The molecule has 2 unspecified atom stereocenters. The van der Waals surface area contributed by atoms with Gasteiger partial charge in [-0.05, 0) is 42.8 Å². The molecule has 1 N–H and O–H groups in total. The van der Waals surface area contributed by atoms with Crippen LogP contribution < -0.4 is 4.74 Å². The van der Waals surface area contributed by atoms with Crippen molar-refractivity contribution in [2.75, 3.05) is 26.4 Å². The monoisotopic (exact) mass is 432 g/mol. The molecule has 1 aliphatic rings. The summed E-state index contributed by atoms with van der Waals surface area (Å²) < 4.78 is 12.2. The lowest BCUT2D eigenvalue weighted by Crippen LogP contribution is -2.51. The van der Waals surface area contributed by atoms with E-state index >= 15 is 0 Å². The molecule has 0 radical (unpaired) electrons. The van der Waals surface area contributed by atoms with Gasteiger partial charge in [0, 0.05) is 11.6 Å². The second-order valence-electron chi connectivity index (χ2n) is 6.93. The molecule has 1 fully saturated rings. The Morgan fingerprint density at radius 2 is 2.17 bits per heavy atom. The zero-order valence-electron chi connectivity index (χ0n) is 15.9. The minimum absolute atomic E-state index is 0.0101. The predicted octanol–water partition coefficient (Wildman–Crippen LogP) is 4.07. The van der Waals surface area contributed by atoms with Crippen molar-refractivity contribution < 1.29 is 19.4 Å². The number of hydrogen-bond acceptors (Lipinski definition) is 6. The van der Waals surface area contributed by atoms with E-state index in [0.717, 1.165) is 15.8 Å². The third kappa shape index (κ3) is 4.38. The molecule has 29 heavy (non-hydrogen) atoms. The van der Waals surface area contributed by atoms with E-state index in [9.17, 15) is 9.90 Å². The summed E-state index contributed by atoms with van der Waals surface area (Å²) in [6.45, 7) is 3.14. The number of carbonyl (C=O) groups is 1. The Balaban J connectivity index is 1.45. The quantitative estimate of drug-likeness (QED) is 0.658. The maximum Gasteiger partial charge on any atom is 0.279 e. The zero-order chi connectivity index (χ0) is 20.4. The van der Waals surface area contributed by atoms with E-state index in [1.165, 1.54) is 11.3 Å². The van der Waals surface area contributed by atoms with Crippen LogP contribution in [0.15, 0.2) is 42.5 Å². The van der Waals surface area contributed by atoms with Crippen LogP contribution in [-0.4, -0.2) is 53.3 Å². The highest BCUT2D eigenvalue weighted by atomic mass is 35.5. The number of hydrogen-bond donors (Lipinski definition) is 1. The lowest BCUT2D eigenvalue weighted by Gasteiger charge is -2.36. The largest absolute Gasteiger partial charge is 0.431 e. The summed E-state index contributed by atoms with van der Waals surface area (Å²) in [7, 11) is 0. The number of fused-ring (bicyclic) bond motifs is 1. The number of rotatable bonds is 5. The molecule has 0 saturated carbocycles. The van der Waals surface area contributed by atoms with E-state index in [4.69, 9.17) is 21.1 Å². The number of morpholine rings is 1. The van der Waals surface area contributed by atoms with Crippen LogP contribution in [0.4, 0.5) is 0 Å². The topological polar surface area (TPSA) is 71.9 Å². The molecule has 0 bridgehead atoms. The van der Waals surface area contributed by atoms with Gasteiger partial charge >= 0.3 is 0 Å². The van der Waals surface area contributed by atoms with Gasteiger partial charge in [-0.3, -0.25) is 4.79 Å². The van der Waals surface area contributed by atoms with Gasteiger partial charge in [0.2, 0.25) is 5.91 Å². The first-order chi connectivity index (χ1) is 14.0. The first-order valence-corrected chi connectivity index (χ1v) is 10.6. The first kappa shape index (κ1) is 20.1. The molecule has 2 aromatic carbocycles. The van der Waals surface area contributed by atoms with Gasteiger partial charge in [0.25, 0.3) is 5.19 Å². The summed E-state index contributed by atoms with van der Waals surface area (Å²) in [5, 5.41) is 10.7. The zero-order valence-corrected chi connectivity index (χ0v) is 17.4. The van der Waals surface area contributed by atoms with E-state index in [-0.39, 0.29) is 24.5 Å². The standard InChI is InChI=1S/C21H21ClN2O4S/c1-13(20(26)24-8-9-27-12-16(24)11-25)14-2-5-17(6-3-14)28-21-23-18-7-4-15(22)10-19(18)29-21/h2-7,10,13,16,25H,8-9,11-12H2,1H3. The number of aromatic nitrogens is 1. The summed E-state index contributed by atoms with van der Waals surface area (Å²) in [6, 6.07) is 12.7. The van der Waals surface area contributed by atoms with Crippen LogP contribution in [0.5, 0.6) is 10.9 Å². The van der Waals surface area contributed by atoms with Crippen LogP contribution in [-0.2, 0) is 9.53 Å². The van der Waals surface area contributed by atoms with Gasteiger partial charge in [-0.15, -0.1) is 0 Å². The van der Waals surface area contributed by atoms with Gasteiger partial charge in [-0.25, -0.2) is 4.98 Å². The molecular formula is C21H21ClN2O4S. The molecule has 8 heteroatoms. The fraction of sp³-hybridized carbons (Fsp3) is 0.333. The molecule has 4 rings (SSSR count). The maximum absolute atomic E-state index is 12.9. The summed E-state index contributed by atoms with van der Waals surface area (Å²) in [6.07, 6.45) is 0. The number of ether oxygens (including phenoxy) is 2. The lowest BCUT2D eigenvalue weighted by atomic mass is 9.98. The second-order valence-corrected chi connectivity index (χ2v) is 8.36. The lowest BCUT2D eigenvalue weighted by molar-refractivity contribution is -0.142. The number of benzene rings is 2. The average molecular weight is 433 g/mol. The van der Waals surface area contributed by atoms with Crippen molar-refractivity contribution in [3.05, 3.63) is 53.1 Å². The van der Waals surface area contributed by atoms with Crippen molar-refractivity contribution in [3.8, 4) is 10.9 Å². The minimum Gasteiger partial charge on any atom is -0.431 e. The third-order valence-electron chi connectivity index (χ3n) is 5.01. The Bertz CT molecular complexity index is 1010. The van der Waals surface area contributed by atoms with Crippen molar-refractivity contribution >= 4 is 39.1 Å². The molecule has 1 aromatic heterocycles. The highest BCUT2D eigenvalue weighted by molar-refractivity contribution is 7.20. The van der Waals surface area contributed by atoms with Crippen molar-refractivity contribution in [2.24, 2.45) is 0 Å². The summed E-state index contributed by atoms with van der Waals surface area (Å²) >= 11 is 7.45. The van der Waals surface area contributed by atoms with Gasteiger partial charge in [0.1, 0.15) is 5.75 Å². The van der Waals surface area contributed by atoms with Crippen LogP contribution in [0, 0.1) is 0 Å². The predicted molar refractivity (Wildman–Crippen MR) is 113 cm³/mol. The fourth-order valence-electron chi connectivity index (χ4n) is 3.33. The molecular weight excluding hydrogens is 412 g/mol. The molecule has 2 heterocycles. The Labute approximate surface area is 177 Å². The van der Waals surface area contributed by atoms with Crippen LogP contribution in [0.3, 0.4) is 0 Å². The number of amides is 1. The smallest absolute Gasteiger partial charge is 0.279 e. The molecule has 0 spiro atoms. The highest BCUT2D eigenvalue weighted by Crippen LogP contribution is 2.33. The average Bonchev–Trinajstić information content (AvgIpc) is 3.14. The van der Waals surface area contributed by atoms with Crippen LogP contribution in [0.1, 0.15) is 18.4 Å². The van der Waals surface area contributed by atoms with Gasteiger partial charge in [0.05, 0.1) is 42.0 Å². The summed E-state index contributed by atoms with van der Waals surface area (Å²) in [4.78, 5) is 19.0. The molecule has 6 nitrogen and oxygen atoms in total. The number of thiazole rings is 1. The van der Waals surface area contributed by atoms with Gasteiger partial charge in [-0.2, -0.15) is 0 Å². The van der Waals surface area contributed by atoms with E-state index in [1.807, 2.05) is 43.3 Å². The number of carbonyl (C=O) groups excluding carboxylic acids is 1. The highest BCUT2D eigenvalue weighted by Gasteiger charge is 2.30. The number of aliphatic hydroxyl groups excluding tert-OH is 1. The van der Waals surface area contributed by atoms with Crippen molar-refractivity contribution in [2.45, 2.75) is 18.9 Å². The van der Waals surface area contributed by atoms with Crippen LogP contribution in [0.2, 0.25) is 5.02 Å². The molecule has 1 amide bonds. The fourth-order valence-corrected chi connectivity index (χ4v) is 4.44. The SMILES string of the molecule is CC(C(=O)N1CCOCC1CO)c1ccc(Oc2nc3ccc(Cl)cc3s2)cc1. The number of nitrogens with zero attached hydrogens (tertiary/aromatic N) is 2. The molecule has 1 aliphatic heterocycles. The second kappa shape index (κ2) is 8.67. The molecule has 152 valence electrons. The minimum atomic E-state index is -0.319. The van der Waals surface area contributed by atoms with E-state index in [2.05, 4.69) is 4.98 Å². The van der Waals surface area contributed by atoms with Gasteiger partial charge in [-0.1, -0.05) is 35.1 Å². The summed E-state index contributed by atoms with van der Waals surface area (Å²) in [5.41, 5.74) is 1.73. The first-order valence-electron chi connectivity index (χ1n) is 9.38. The van der Waals surface area contributed by atoms with Crippen molar-refractivity contribution in [3.63, 3.8) is 0 Å². The number of halogens is 1. The Morgan fingerprint density at radius 1 is 1.38 bits per heavy atom. The molecule has 2 atom stereocenters. The van der Waals surface area contributed by atoms with E-state index in [0.29, 0.717) is 35.7 Å². The Morgan fingerprint density at radius 3 is 2.93 bits per heavy atom. The Kier molecular flexibility index (Phi) is 6.01. The van der Waals surface area contributed by atoms with Gasteiger partial charge < -0.3 is 19.5 Å². The van der Waals surface area contributed by atoms with Crippen molar-refractivity contribution in [1.29, 1.82) is 0 Å². The third-order valence-corrected chi connectivity index (χ3v) is 6.14. The van der Waals surface area contributed by atoms with Crippen LogP contribution in [0.25, 0.3) is 10.2 Å². The summed E-state index contributed by atoms with van der Waals surface area (Å²) in [5.74, 6) is 0.322. The Hall–Kier alpha value is -2.19. The van der Waals surface area contributed by atoms with Crippen LogP contribution >= 0.6 is 22.9 Å². The van der Waals surface area contributed by atoms with E-state index in [1.54, 1.807) is 11.0 Å². The molecule has 1 saturated heterocycles. The maximum atomic E-state index is 12.9. The van der Waals surface area contributed by atoms with Crippen molar-refractivity contribution in [1.82, 2.24) is 9.88 Å². The normalized spacial score (nSPS) is 18.0. The van der Waals surface area contributed by atoms with E-state index < -0.39 is 0 Å². The molecule has 3 aromatic rings.